The maximum absolute atomic E-state index is 12.5. The van der Waals surface area contributed by atoms with Crippen LogP contribution in [0.5, 0.6) is 0 Å². The fourth-order valence-corrected chi connectivity index (χ4v) is 4.01. The van der Waals surface area contributed by atoms with Crippen LogP contribution in [-0.4, -0.2) is 11.1 Å². The Hall–Kier alpha value is -2.61. The molecule has 1 unspecified atom stereocenters. The van der Waals surface area contributed by atoms with Crippen LogP contribution in [0.2, 0.25) is 0 Å². The molecule has 2 aromatic carbocycles. The third-order valence-corrected chi connectivity index (χ3v) is 5.02. The van der Waals surface area contributed by atoms with Crippen LogP contribution < -0.4 is 0 Å². The normalized spacial score (nSPS) is 21.9. The van der Waals surface area contributed by atoms with Crippen LogP contribution in [0.4, 0.5) is 0 Å². The van der Waals surface area contributed by atoms with Crippen LogP contribution >= 0.6 is 0 Å². The molecule has 0 radical (unpaired) electrons. The fraction of sp³-hybridized carbons (Fsp3) is 0.190. The van der Waals surface area contributed by atoms with E-state index >= 15 is 0 Å². The molecule has 2 aromatic rings. The zero-order valence-corrected chi connectivity index (χ0v) is 12.8. The molecule has 4 rings (SSSR count). The molecular formula is C21H18O2. The lowest BCUT2D eigenvalue weighted by Gasteiger charge is -2.29. The second kappa shape index (κ2) is 5.24. The first-order valence-corrected chi connectivity index (χ1v) is 8.01. The molecule has 1 N–H and O–H groups in total. The first kappa shape index (κ1) is 14.0. The van der Waals surface area contributed by atoms with Crippen molar-refractivity contribution in [2.75, 3.05) is 0 Å². The van der Waals surface area contributed by atoms with Gasteiger partial charge in [-0.25, -0.2) is 0 Å². The summed E-state index contributed by atoms with van der Waals surface area (Å²) in [5, 5.41) is 10.2. The standard InChI is InChI=1S/C21H18O2/c22-20(23)21(14-15-8-2-1-3-9-15)18-12-6-4-10-16(18)17-11-5-7-13-19(17)21/h1-4,6-10,12-13H,5,11,14H2,(H,22,23). The minimum atomic E-state index is -0.968. The molecule has 0 amide bonds. The lowest BCUT2D eigenvalue weighted by molar-refractivity contribution is -0.142. The summed E-state index contributed by atoms with van der Waals surface area (Å²) in [5.41, 5.74) is 4.32. The highest BCUT2D eigenvalue weighted by molar-refractivity contribution is 5.98. The topological polar surface area (TPSA) is 37.3 Å². The minimum Gasteiger partial charge on any atom is -0.480 e. The van der Waals surface area contributed by atoms with Crippen LogP contribution in [0, 0.1) is 0 Å². The molecule has 0 fully saturated rings. The quantitative estimate of drug-likeness (QED) is 0.914. The van der Waals surface area contributed by atoms with Gasteiger partial charge in [-0.3, -0.25) is 4.79 Å². The van der Waals surface area contributed by atoms with Crippen molar-refractivity contribution < 1.29 is 9.90 Å². The Kier molecular flexibility index (Phi) is 3.19. The van der Waals surface area contributed by atoms with Gasteiger partial charge in [-0.1, -0.05) is 66.7 Å². The summed E-state index contributed by atoms with van der Waals surface area (Å²) < 4.78 is 0. The van der Waals surface area contributed by atoms with E-state index in [1.54, 1.807) is 0 Å². The molecule has 0 aromatic heterocycles. The second-order valence-corrected chi connectivity index (χ2v) is 6.25. The highest BCUT2D eigenvalue weighted by atomic mass is 16.4. The smallest absolute Gasteiger partial charge is 0.319 e. The predicted octanol–water partition coefficient (Wildman–Crippen LogP) is 4.37. The molecule has 2 heteroatoms. The van der Waals surface area contributed by atoms with Gasteiger partial charge in [-0.05, 0) is 47.1 Å². The monoisotopic (exact) mass is 302 g/mol. The largest absolute Gasteiger partial charge is 0.480 e. The summed E-state index contributed by atoms with van der Waals surface area (Å²) >= 11 is 0. The number of carboxylic acid groups (broad SMARTS) is 1. The molecule has 1 atom stereocenters. The van der Waals surface area contributed by atoms with Gasteiger partial charge in [-0.2, -0.15) is 0 Å². The van der Waals surface area contributed by atoms with Crippen molar-refractivity contribution in [2.24, 2.45) is 0 Å². The Morgan fingerprint density at radius 1 is 1.04 bits per heavy atom. The number of hydrogen-bond donors (Lipinski definition) is 1. The molecular weight excluding hydrogens is 284 g/mol. The van der Waals surface area contributed by atoms with E-state index in [9.17, 15) is 9.90 Å². The molecule has 0 aliphatic heterocycles. The van der Waals surface area contributed by atoms with E-state index in [-0.39, 0.29) is 0 Å². The molecule has 0 saturated heterocycles. The van der Waals surface area contributed by atoms with E-state index in [1.165, 1.54) is 5.57 Å². The molecule has 2 nitrogen and oxygen atoms in total. The van der Waals surface area contributed by atoms with Gasteiger partial charge >= 0.3 is 5.97 Å². The highest BCUT2D eigenvalue weighted by Gasteiger charge is 2.50. The lowest BCUT2D eigenvalue weighted by Crippen LogP contribution is -2.38. The van der Waals surface area contributed by atoms with Crippen molar-refractivity contribution >= 4 is 11.5 Å². The van der Waals surface area contributed by atoms with E-state index in [1.807, 2.05) is 54.6 Å². The summed E-state index contributed by atoms with van der Waals surface area (Å²) in [4.78, 5) is 12.5. The Bertz CT molecular complexity index is 830. The average Bonchev–Trinajstić information content (AvgIpc) is 2.88. The van der Waals surface area contributed by atoms with Crippen molar-refractivity contribution in [3.63, 3.8) is 0 Å². The van der Waals surface area contributed by atoms with Crippen LogP contribution in [-0.2, 0) is 16.6 Å². The molecule has 23 heavy (non-hydrogen) atoms. The Labute approximate surface area is 135 Å². The first-order valence-electron chi connectivity index (χ1n) is 8.01. The average molecular weight is 302 g/mol. The molecule has 114 valence electrons. The number of fused-ring (bicyclic) bond motifs is 2. The van der Waals surface area contributed by atoms with Crippen molar-refractivity contribution in [1.29, 1.82) is 0 Å². The van der Waals surface area contributed by atoms with Crippen LogP contribution in [0.25, 0.3) is 5.57 Å². The van der Waals surface area contributed by atoms with E-state index in [2.05, 4.69) is 12.1 Å². The molecule has 2 aliphatic carbocycles. The molecule has 0 heterocycles. The number of carbonyl (C=O) groups is 1. The highest BCUT2D eigenvalue weighted by Crippen LogP contribution is 2.51. The fourth-order valence-electron chi connectivity index (χ4n) is 4.01. The number of hydrogen-bond acceptors (Lipinski definition) is 1. The Morgan fingerprint density at radius 2 is 1.78 bits per heavy atom. The summed E-state index contributed by atoms with van der Waals surface area (Å²) in [6.07, 6.45) is 6.54. The van der Waals surface area contributed by atoms with E-state index in [0.717, 1.165) is 35.1 Å². The van der Waals surface area contributed by atoms with Crippen molar-refractivity contribution in [3.05, 3.63) is 89.0 Å². The van der Waals surface area contributed by atoms with Gasteiger partial charge in [0.15, 0.2) is 0 Å². The minimum absolute atomic E-state index is 0.489. The van der Waals surface area contributed by atoms with Gasteiger partial charge in [0.2, 0.25) is 0 Å². The number of rotatable bonds is 3. The molecule has 0 bridgehead atoms. The van der Waals surface area contributed by atoms with E-state index in [0.29, 0.717) is 6.42 Å². The van der Waals surface area contributed by atoms with E-state index < -0.39 is 11.4 Å². The van der Waals surface area contributed by atoms with Gasteiger partial charge in [0.1, 0.15) is 5.41 Å². The zero-order chi connectivity index (χ0) is 15.9. The third-order valence-electron chi connectivity index (χ3n) is 5.02. The predicted molar refractivity (Wildman–Crippen MR) is 91.2 cm³/mol. The molecule has 0 spiro atoms. The van der Waals surface area contributed by atoms with Gasteiger partial charge < -0.3 is 5.11 Å². The van der Waals surface area contributed by atoms with Gasteiger partial charge in [-0.15, -0.1) is 0 Å². The maximum atomic E-state index is 12.5. The summed E-state index contributed by atoms with van der Waals surface area (Å²) in [6, 6.07) is 17.9. The number of aliphatic carboxylic acids is 1. The van der Waals surface area contributed by atoms with Crippen LogP contribution in [0.1, 0.15) is 29.5 Å². The number of allylic oxidation sites excluding steroid dienone is 3. The number of benzene rings is 2. The Morgan fingerprint density at radius 3 is 2.57 bits per heavy atom. The second-order valence-electron chi connectivity index (χ2n) is 6.25. The van der Waals surface area contributed by atoms with Gasteiger partial charge in [0.05, 0.1) is 0 Å². The van der Waals surface area contributed by atoms with Gasteiger partial charge in [0, 0.05) is 0 Å². The van der Waals surface area contributed by atoms with E-state index in [4.69, 9.17) is 0 Å². The van der Waals surface area contributed by atoms with Crippen molar-refractivity contribution in [2.45, 2.75) is 24.7 Å². The summed E-state index contributed by atoms with van der Waals surface area (Å²) in [5.74, 6) is -0.759. The van der Waals surface area contributed by atoms with Crippen LogP contribution in [0.3, 0.4) is 0 Å². The zero-order valence-electron chi connectivity index (χ0n) is 12.8. The SMILES string of the molecule is O=C(O)C1(Cc2ccccc2)C2=C(CCC=C2)c2ccccc21. The van der Waals surface area contributed by atoms with Crippen LogP contribution in [0.15, 0.2) is 72.3 Å². The molecule has 2 aliphatic rings. The number of carboxylic acids is 1. The third kappa shape index (κ3) is 1.98. The van der Waals surface area contributed by atoms with Crippen molar-refractivity contribution in [3.8, 4) is 0 Å². The first-order chi connectivity index (χ1) is 11.2. The van der Waals surface area contributed by atoms with Crippen molar-refractivity contribution in [1.82, 2.24) is 0 Å². The lowest BCUT2D eigenvalue weighted by atomic mass is 9.72. The molecule has 0 saturated carbocycles. The summed E-state index contributed by atoms with van der Waals surface area (Å²) in [6.45, 7) is 0. The summed E-state index contributed by atoms with van der Waals surface area (Å²) in [7, 11) is 0. The maximum Gasteiger partial charge on any atom is 0.319 e. The van der Waals surface area contributed by atoms with Gasteiger partial charge in [0.25, 0.3) is 0 Å². The Balaban J connectivity index is 1.96.